The van der Waals surface area contributed by atoms with E-state index in [4.69, 9.17) is 0 Å². The Labute approximate surface area is 132 Å². The van der Waals surface area contributed by atoms with Gasteiger partial charge in [-0.1, -0.05) is 38.1 Å². The molecule has 6 heteroatoms. The van der Waals surface area contributed by atoms with Gasteiger partial charge in [-0.25, -0.2) is 13.1 Å². The highest BCUT2D eigenvalue weighted by Crippen LogP contribution is 2.47. The minimum Gasteiger partial charge on any atom is -0.355 e. The van der Waals surface area contributed by atoms with Crippen molar-refractivity contribution in [3.8, 4) is 0 Å². The van der Waals surface area contributed by atoms with E-state index in [1.165, 1.54) is 11.1 Å². The lowest BCUT2D eigenvalue weighted by atomic mass is 10.00. The van der Waals surface area contributed by atoms with Gasteiger partial charge in [0.05, 0.1) is 6.26 Å². The number of hydrogen-bond acceptors (Lipinski definition) is 3. The van der Waals surface area contributed by atoms with Crippen LogP contribution >= 0.6 is 0 Å². The largest absolute Gasteiger partial charge is 0.355 e. The van der Waals surface area contributed by atoms with Crippen molar-refractivity contribution >= 4 is 15.9 Å². The van der Waals surface area contributed by atoms with Crippen molar-refractivity contribution in [3.63, 3.8) is 0 Å². The van der Waals surface area contributed by atoms with Crippen LogP contribution in [0.2, 0.25) is 0 Å². The molecule has 1 saturated carbocycles. The second-order valence-corrected chi connectivity index (χ2v) is 8.06. The summed E-state index contributed by atoms with van der Waals surface area (Å²) in [5.41, 5.74) is 2.51. The zero-order chi connectivity index (χ0) is 16.3. The first-order valence-corrected chi connectivity index (χ1v) is 9.49. The Hall–Kier alpha value is -1.40. The number of carbonyl (C=O) groups is 1. The molecule has 0 radical (unpaired) electrons. The lowest BCUT2D eigenvalue weighted by molar-refractivity contribution is -0.122. The molecule has 1 aromatic rings. The van der Waals surface area contributed by atoms with E-state index in [1.54, 1.807) is 0 Å². The Morgan fingerprint density at radius 2 is 1.86 bits per heavy atom. The molecule has 0 unspecified atom stereocenters. The van der Waals surface area contributed by atoms with Crippen LogP contribution in [0.1, 0.15) is 43.2 Å². The van der Waals surface area contributed by atoms with Crippen LogP contribution in [0.4, 0.5) is 0 Å². The molecule has 22 heavy (non-hydrogen) atoms. The average molecular weight is 324 g/mol. The van der Waals surface area contributed by atoms with E-state index in [2.05, 4.69) is 48.2 Å². The maximum Gasteiger partial charge on any atom is 0.223 e. The molecule has 1 aliphatic rings. The standard InChI is InChI=1S/C16H24N2O3S/c1-11(2)12-4-6-13(7-5-12)14-10-15(14)16(19)17-8-9-18-22(3,20)21/h4-7,11,14-15,18H,8-10H2,1-3H3,(H,17,19)/t14-,15+/m0/s1. The van der Waals surface area contributed by atoms with Gasteiger partial charge in [-0.15, -0.1) is 0 Å². The average Bonchev–Trinajstić information content (AvgIpc) is 3.23. The van der Waals surface area contributed by atoms with Crippen LogP contribution in [0.3, 0.4) is 0 Å². The van der Waals surface area contributed by atoms with Crippen LogP contribution in [0.5, 0.6) is 0 Å². The topological polar surface area (TPSA) is 75.3 Å². The molecule has 1 aliphatic carbocycles. The van der Waals surface area contributed by atoms with Gasteiger partial charge in [0.25, 0.3) is 0 Å². The number of sulfonamides is 1. The summed E-state index contributed by atoms with van der Waals surface area (Å²) in [5, 5.41) is 2.78. The molecular weight excluding hydrogens is 300 g/mol. The third-order valence-electron chi connectivity index (χ3n) is 3.95. The molecule has 2 rings (SSSR count). The predicted octanol–water partition coefficient (Wildman–Crippen LogP) is 1.58. The van der Waals surface area contributed by atoms with E-state index in [9.17, 15) is 13.2 Å². The first kappa shape index (κ1) is 17.0. The summed E-state index contributed by atoms with van der Waals surface area (Å²) in [4.78, 5) is 12.0. The van der Waals surface area contributed by atoms with Gasteiger partial charge >= 0.3 is 0 Å². The summed E-state index contributed by atoms with van der Waals surface area (Å²) >= 11 is 0. The van der Waals surface area contributed by atoms with Crippen LogP contribution in [0.25, 0.3) is 0 Å². The van der Waals surface area contributed by atoms with Crippen LogP contribution in [0.15, 0.2) is 24.3 Å². The molecule has 2 N–H and O–H groups in total. The number of carbonyl (C=O) groups excluding carboxylic acids is 1. The Balaban J connectivity index is 1.78. The molecule has 1 fully saturated rings. The minimum atomic E-state index is -3.19. The molecule has 0 heterocycles. The number of benzene rings is 1. The fourth-order valence-electron chi connectivity index (χ4n) is 2.53. The van der Waals surface area contributed by atoms with Gasteiger partial charge in [0.1, 0.15) is 0 Å². The SMILES string of the molecule is CC(C)c1ccc([C@@H]2C[C@H]2C(=O)NCCNS(C)(=O)=O)cc1. The zero-order valence-corrected chi connectivity index (χ0v) is 14.1. The third kappa shape index (κ3) is 4.81. The fourth-order valence-corrected chi connectivity index (χ4v) is 3.01. The highest BCUT2D eigenvalue weighted by Gasteiger charge is 2.43. The number of rotatable bonds is 7. The molecule has 0 aromatic heterocycles. The molecule has 0 saturated heterocycles. The molecule has 0 aliphatic heterocycles. The number of hydrogen-bond donors (Lipinski definition) is 2. The van der Waals surface area contributed by atoms with E-state index in [0.717, 1.165) is 12.7 Å². The molecule has 1 amide bonds. The molecule has 2 atom stereocenters. The van der Waals surface area contributed by atoms with E-state index in [1.807, 2.05) is 0 Å². The second-order valence-electron chi connectivity index (χ2n) is 6.23. The van der Waals surface area contributed by atoms with E-state index < -0.39 is 10.0 Å². The summed E-state index contributed by atoms with van der Waals surface area (Å²) in [6.45, 7) is 4.87. The maximum atomic E-state index is 12.0. The van der Waals surface area contributed by atoms with Crippen molar-refractivity contribution in [3.05, 3.63) is 35.4 Å². The monoisotopic (exact) mass is 324 g/mol. The Kier molecular flexibility index (Phi) is 5.24. The van der Waals surface area contributed by atoms with Crippen LogP contribution in [-0.2, 0) is 14.8 Å². The normalized spacial score (nSPS) is 20.9. The summed E-state index contributed by atoms with van der Waals surface area (Å²) in [6.07, 6.45) is 1.97. The molecule has 0 bridgehead atoms. The smallest absolute Gasteiger partial charge is 0.223 e. The minimum absolute atomic E-state index is 0.00763. The summed E-state index contributed by atoms with van der Waals surface area (Å²) in [7, 11) is -3.19. The number of amides is 1. The van der Waals surface area contributed by atoms with Gasteiger partial charge in [-0.05, 0) is 29.4 Å². The van der Waals surface area contributed by atoms with Crippen LogP contribution < -0.4 is 10.0 Å². The maximum absolute atomic E-state index is 12.0. The van der Waals surface area contributed by atoms with Crippen molar-refractivity contribution in [2.75, 3.05) is 19.3 Å². The van der Waals surface area contributed by atoms with E-state index >= 15 is 0 Å². The molecule has 1 aromatic carbocycles. The van der Waals surface area contributed by atoms with Gasteiger partial charge in [0, 0.05) is 19.0 Å². The summed E-state index contributed by atoms with van der Waals surface area (Å²) in [5.74, 6) is 0.829. The first-order valence-electron chi connectivity index (χ1n) is 7.60. The van der Waals surface area contributed by atoms with Gasteiger partial charge in [0.15, 0.2) is 0 Å². The Morgan fingerprint density at radius 3 is 2.41 bits per heavy atom. The third-order valence-corrected chi connectivity index (χ3v) is 4.68. The van der Waals surface area contributed by atoms with Gasteiger partial charge < -0.3 is 5.32 Å². The van der Waals surface area contributed by atoms with Crippen molar-refractivity contribution < 1.29 is 13.2 Å². The van der Waals surface area contributed by atoms with E-state index in [-0.39, 0.29) is 18.4 Å². The van der Waals surface area contributed by atoms with Gasteiger partial charge in [0.2, 0.25) is 15.9 Å². The highest BCUT2D eigenvalue weighted by atomic mass is 32.2. The Bertz CT molecular complexity index is 623. The van der Waals surface area contributed by atoms with Crippen LogP contribution in [-0.4, -0.2) is 33.7 Å². The van der Waals surface area contributed by atoms with Gasteiger partial charge in [-0.3, -0.25) is 4.79 Å². The Morgan fingerprint density at radius 1 is 1.23 bits per heavy atom. The summed E-state index contributed by atoms with van der Waals surface area (Å²) < 4.78 is 24.2. The van der Waals surface area contributed by atoms with Crippen molar-refractivity contribution in [2.45, 2.75) is 32.1 Å². The van der Waals surface area contributed by atoms with Crippen molar-refractivity contribution in [2.24, 2.45) is 5.92 Å². The first-order chi connectivity index (χ1) is 10.3. The predicted molar refractivity (Wildman–Crippen MR) is 87.2 cm³/mol. The highest BCUT2D eigenvalue weighted by molar-refractivity contribution is 7.88. The van der Waals surface area contributed by atoms with Crippen LogP contribution in [0, 0.1) is 5.92 Å². The number of nitrogens with one attached hydrogen (secondary N) is 2. The van der Waals surface area contributed by atoms with E-state index in [0.29, 0.717) is 18.4 Å². The lowest BCUT2D eigenvalue weighted by Gasteiger charge is -2.07. The quantitative estimate of drug-likeness (QED) is 0.748. The fraction of sp³-hybridized carbons (Fsp3) is 0.562. The van der Waals surface area contributed by atoms with Gasteiger partial charge in [-0.2, -0.15) is 0 Å². The zero-order valence-electron chi connectivity index (χ0n) is 13.3. The van der Waals surface area contributed by atoms with Crippen molar-refractivity contribution in [1.29, 1.82) is 0 Å². The molecule has 5 nitrogen and oxygen atoms in total. The lowest BCUT2D eigenvalue weighted by Crippen LogP contribution is -2.35. The molecular formula is C16H24N2O3S. The second kappa shape index (κ2) is 6.79. The van der Waals surface area contributed by atoms with Crippen molar-refractivity contribution in [1.82, 2.24) is 10.0 Å². The molecule has 0 spiro atoms. The summed E-state index contributed by atoms with van der Waals surface area (Å²) in [6, 6.07) is 8.48. The molecule has 122 valence electrons.